The van der Waals surface area contributed by atoms with Gasteiger partial charge in [-0.15, -0.1) is 0 Å². The van der Waals surface area contributed by atoms with Gasteiger partial charge >= 0.3 is 5.97 Å². The van der Waals surface area contributed by atoms with Gasteiger partial charge in [-0.2, -0.15) is 5.10 Å². The van der Waals surface area contributed by atoms with E-state index >= 15 is 0 Å². The molecule has 1 unspecified atom stereocenters. The summed E-state index contributed by atoms with van der Waals surface area (Å²) in [5.41, 5.74) is 1.93. The standard InChI is InChI=1S/C12H20N2O2/c1-8(2)5-10(12(15)16)7-11-6-9(3)13-14(11)4/h6,8,10H,5,7H2,1-4H3,(H,15,16). The Morgan fingerprint density at radius 1 is 1.56 bits per heavy atom. The predicted molar refractivity (Wildman–Crippen MR) is 62.2 cm³/mol. The average molecular weight is 224 g/mol. The smallest absolute Gasteiger partial charge is 0.306 e. The third kappa shape index (κ3) is 3.36. The Balaban J connectivity index is 2.75. The van der Waals surface area contributed by atoms with Crippen LogP contribution in [0.3, 0.4) is 0 Å². The number of hydrogen-bond donors (Lipinski definition) is 1. The first kappa shape index (κ1) is 12.7. The van der Waals surface area contributed by atoms with Crippen LogP contribution in [0, 0.1) is 18.8 Å². The van der Waals surface area contributed by atoms with E-state index in [-0.39, 0.29) is 5.92 Å². The van der Waals surface area contributed by atoms with Crippen LogP contribution < -0.4 is 0 Å². The fourth-order valence-electron chi connectivity index (χ4n) is 1.95. The van der Waals surface area contributed by atoms with Crippen LogP contribution in [0.5, 0.6) is 0 Å². The summed E-state index contributed by atoms with van der Waals surface area (Å²) < 4.78 is 1.77. The molecule has 1 aromatic rings. The maximum atomic E-state index is 11.1. The number of carbonyl (C=O) groups is 1. The van der Waals surface area contributed by atoms with Crippen molar-refractivity contribution in [2.24, 2.45) is 18.9 Å². The second-order valence-corrected chi connectivity index (χ2v) is 4.77. The number of nitrogens with zero attached hydrogens (tertiary/aromatic N) is 2. The second kappa shape index (κ2) is 5.14. The van der Waals surface area contributed by atoms with Gasteiger partial charge in [0.1, 0.15) is 0 Å². The molecule has 90 valence electrons. The van der Waals surface area contributed by atoms with Crippen molar-refractivity contribution in [2.75, 3.05) is 0 Å². The van der Waals surface area contributed by atoms with Gasteiger partial charge < -0.3 is 5.11 Å². The highest BCUT2D eigenvalue weighted by molar-refractivity contribution is 5.70. The molecule has 0 amide bonds. The Labute approximate surface area is 96.3 Å². The quantitative estimate of drug-likeness (QED) is 0.832. The molecule has 0 bridgehead atoms. The number of aromatic nitrogens is 2. The third-order valence-corrected chi connectivity index (χ3v) is 2.66. The summed E-state index contributed by atoms with van der Waals surface area (Å²) in [5.74, 6) is -0.627. The van der Waals surface area contributed by atoms with Crippen LogP contribution in [-0.4, -0.2) is 20.9 Å². The SMILES string of the molecule is Cc1cc(CC(CC(C)C)C(=O)O)n(C)n1. The molecule has 0 radical (unpaired) electrons. The lowest BCUT2D eigenvalue weighted by atomic mass is 9.93. The highest BCUT2D eigenvalue weighted by Crippen LogP contribution is 2.18. The van der Waals surface area contributed by atoms with Gasteiger partial charge in [0.25, 0.3) is 0 Å². The molecule has 1 aromatic heterocycles. The van der Waals surface area contributed by atoms with Crippen LogP contribution in [-0.2, 0) is 18.3 Å². The van der Waals surface area contributed by atoms with E-state index in [0.29, 0.717) is 18.8 Å². The second-order valence-electron chi connectivity index (χ2n) is 4.77. The largest absolute Gasteiger partial charge is 0.481 e. The fraction of sp³-hybridized carbons (Fsp3) is 0.667. The maximum absolute atomic E-state index is 11.1. The molecule has 1 atom stereocenters. The first-order chi connectivity index (χ1) is 7.40. The van der Waals surface area contributed by atoms with Crippen LogP contribution in [0.2, 0.25) is 0 Å². The van der Waals surface area contributed by atoms with Crippen LogP contribution >= 0.6 is 0 Å². The first-order valence-electron chi connectivity index (χ1n) is 5.62. The molecule has 1 rings (SSSR count). The molecular weight excluding hydrogens is 204 g/mol. The molecule has 4 nitrogen and oxygen atoms in total. The topological polar surface area (TPSA) is 55.1 Å². The molecular formula is C12H20N2O2. The van der Waals surface area contributed by atoms with Crippen LogP contribution in [0.1, 0.15) is 31.7 Å². The summed E-state index contributed by atoms with van der Waals surface area (Å²) in [5, 5.41) is 13.4. The zero-order valence-corrected chi connectivity index (χ0v) is 10.4. The Morgan fingerprint density at radius 3 is 2.56 bits per heavy atom. The summed E-state index contributed by atoms with van der Waals surface area (Å²) in [6.07, 6.45) is 1.27. The Bertz CT molecular complexity index is 369. The summed E-state index contributed by atoms with van der Waals surface area (Å²) in [6.45, 7) is 6.01. The van der Waals surface area contributed by atoms with E-state index in [0.717, 1.165) is 11.4 Å². The molecule has 0 aliphatic rings. The molecule has 0 fully saturated rings. The average Bonchev–Trinajstić information content (AvgIpc) is 2.43. The van der Waals surface area contributed by atoms with Gasteiger partial charge in [-0.1, -0.05) is 13.8 Å². The molecule has 0 saturated heterocycles. The highest BCUT2D eigenvalue weighted by Gasteiger charge is 2.20. The zero-order valence-electron chi connectivity index (χ0n) is 10.4. The van der Waals surface area contributed by atoms with Gasteiger partial charge in [0, 0.05) is 19.2 Å². The van der Waals surface area contributed by atoms with Crippen molar-refractivity contribution >= 4 is 5.97 Å². The Hall–Kier alpha value is -1.32. The number of rotatable bonds is 5. The molecule has 0 spiro atoms. The molecule has 1 N–H and O–H groups in total. The van der Waals surface area contributed by atoms with Gasteiger partial charge in [-0.25, -0.2) is 0 Å². The molecule has 4 heteroatoms. The van der Waals surface area contributed by atoms with E-state index in [4.69, 9.17) is 5.11 Å². The summed E-state index contributed by atoms with van der Waals surface area (Å²) in [4.78, 5) is 11.1. The van der Waals surface area contributed by atoms with Crippen LogP contribution in [0.4, 0.5) is 0 Å². The van der Waals surface area contributed by atoms with Crippen molar-refractivity contribution in [3.63, 3.8) is 0 Å². The number of hydrogen-bond acceptors (Lipinski definition) is 2. The lowest BCUT2D eigenvalue weighted by molar-refractivity contribution is -0.142. The fourth-order valence-corrected chi connectivity index (χ4v) is 1.95. The number of carboxylic acid groups (broad SMARTS) is 1. The predicted octanol–water partition coefficient (Wildman–Crippen LogP) is 2.02. The van der Waals surface area contributed by atoms with Crippen molar-refractivity contribution in [3.8, 4) is 0 Å². The Kier molecular flexibility index (Phi) is 4.10. The van der Waals surface area contributed by atoms with Crippen molar-refractivity contribution in [2.45, 2.75) is 33.6 Å². The van der Waals surface area contributed by atoms with Gasteiger partial charge in [-0.3, -0.25) is 9.48 Å². The first-order valence-corrected chi connectivity index (χ1v) is 5.62. The van der Waals surface area contributed by atoms with Crippen LogP contribution in [0.15, 0.2) is 6.07 Å². The summed E-state index contributed by atoms with van der Waals surface area (Å²) in [6, 6.07) is 1.95. The van der Waals surface area contributed by atoms with Crippen molar-refractivity contribution in [1.29, 1.82) is 0 Å². The normalized spacial score (nSPS) is 13.1. The summed E-state index contributed by atoms with van der Waals surface area (Å²) in [7, 11) is 1.86. The molecule has 0 saturated carbocycles. The minimum Gasteiger partial charge on any atom is -0.481 e. The lowest BCUT2D eigenvalue weighted by Gasteiger charge is -2.14. The van der Waals surface area contributed by atoms with E-state index < -0.39 is 5.97 Å². The number of carboxylic acids is 1. The molecule has 1 heterocycles. The minimum absolute atomic E-state index is 0.310. The van der Waals surface area contributed by atoms with Gasteiger partial charge in [0.15, 0.2) is 0 Å². The highest BCUT2D eigenvalue weighted by atomic mass is 16.4. The van der Waals surface area contributed by atoms with E-state index in [1.165, 1.54) is 0 Å². The zero-order chi connectivity index (χ0) is 12.3. The molecule has 0 aliphatic carbocycles. The van der Waals surface area contributed by atoms with Crippen molar-refractivity contribution in [3.05, 3.63) is 17.5 Å². The van der Waals surface area contributed by atoms with Crippen LogP contribution in [0.25, 0.3) is 0 Å². The van der Waals surface area contributed by atoms with Gasteiger partial charge in [0.05, 0.1) is 11.6 Å². The minimum atomic E-state index is -0.715. The van der Waals surface area contributed by atoms with Crippen molar-refractivity contribution in [1.82, 2.24) is 9.78 Å². The lowest BCUT2D eigenvalue weighted by Crippen LogP contribution is -2.20. The molecule has 0 aliphatic heterocycles. The number of aliphatic carboxylic acids is 1. The molecule has 0 aromatic carbocycles. The maximum Gasteiger partial charge on any atom is 0.306 e. The molecule has 16 heavy (non-hydrogen) atoms. The van der Waals surface area contributed by atoms with Gasteiger partial charge in [0.2, 0.25) is 0 Å². The van der Waals surface area contributed by atoms with Gasteiger partial charge in [-0.05, 0) is 25.3 Å². The summed E-state index contributed by atoms with van der Waals surface area (Å²) >= 11 is 0. The third-order valence-electron chi connectivity index (χ3n) is 2.66. The monoisotopic (exact) mass is 224 g/mol. The van der Waals surface area contributed by atoms with E-state index in [9.17, 15) is 4.79 Å². The Morgan fingerprint density at radius 2 is 2.19 bits per heavy atom. The van der Waals surface area contributed by atoms with E-state index in [2.05, 4.69) is 5.10 Å². The van der Waals surface area contributed by atoms with E-state index in [1.807, 2.05) is 33.9 Å². The number of aryl methyl sites for hydroxylation is 2. The van der Waals surface area contributed by atoms with Crippen molar-refractivity contribution < 1.29 is 9.90 Å². The van der Waals surface area contributed by atoms with E-state index in [1.54, 1.807) is 4.68 Å².